The Bertz CT molecular complexity index is 569. The highest BCUT2D eigenvalue weighted by atomic mass is 32.2. The molecule has 2 atom stereocenters. The Morgan fingerprint density at radius 3 is 3.09 bits per heavy atom. The maximum atomic E-state index is 12.1. The first-order chi connectivity index (χ1) is 11.1. The quantitative estimate of drug-likeness (QED) is 0.731. The molecule has 1 aliphatic heterocycles. The fourth-order valence-electron chi connectivity index (χ4n) is 2.60. The minimum atomic E-state index is -0.323. The monoisotopic (exact) mass is 356 g/mol. The molecule has 126 valence electrons. The van der Waals surface area contributed by atoms with Crippen molar-refractivity contribution in [3.05, 3.63) is 10.6 Å². The van der Waals surface area contributed by atoms with Crippen LogP contribution >= 0.6 is 23.1 Å². The minimum Gasteiger partial charge on any atom is -0.366 e. The van der Waals surface area contributed by atoms with E-state index in [4.69, 9.17) is 4.74 Å². The summed E-state index contributed by atoms with van der Waals surface area (Å²) in [5, 5.41) is 9.42. The van der Waals surface area contributed by atoms with Gasteiger partial charge in [-0.1, -0.05) is 0 Å². The fraction of sp³-hybridized carbons (Fsp3) is 0.643. The summed E-state index contributed by atoms with van der Waals surface area (Å²) in [4.78, 5) is 29.4. The molecule has 0 saturated carbocycles. The average molecular weight is 356 g/mol. The minimum absolute atomic E-state index is 0.0823. The second-order valence-electron chi connectivity index (χ2n) is 5.50. The van der Waals surface area contributed by atoms with Gasteiger partial charge in [0, 0.05) is 12.0 Å². The molecule has 9 heteroatoms. The second kappa shape index (κ2) is 7.61. The van der Waals surface area contributed by atoms with Crippen molar-refractivity contribution >= 4 is 40.0 Å². The molecule has 0 bridgehead atoms. The lowest BCUT2D eigenvalue weighted by Gasteiger charge is -2.29. The number of hydrogen-bond acceptors (Lipinski definition) is 7. The molecule has 1 fully saturated rings. The van der Waals surface area contributed by atoms with Crippen molar-refractivity contribution < 1.29 is 14.3 Å². The summed E-state index contributed by atoms with van der Waals surface area (Å²) in [6, 6.07) is 0. The van der Waals surface area contributed by atoms with Crippen LogP contribution in [0.4, 0.5) is 5.13 Å². The summed E-state index contributed by atoms with van der Waals surface area (Å²) >= 11 is 2.90. The summed E-state index contributed by atoms with van der Waals surface area (Å²) in [7, 11) is 1.55. The molecule has 2 heterocycles. The van der Waals surface area contributed by atoms with Crippen LogP contribution in [0.5, 0.6) is 0 Å². The van der Waals surface area contributed by atoms with Crippen molar-refractivity contribution in [1.82, 2.24) is 15.6 Å². The lowest BCUT2D eigenvalue weighted by molar-refractivity contribution is -0.127. The van der Waals surface area contributed by atoms with Crippen molar-refractivity contribution in [3.63, 3.8) is 0 Å². The van der Waals surface area contributed by atoms with Gasteiger partial charge < -0.3 is 15.4 Å². The fourth-order valence-corrected chi connectivity index (χ4v) is 4.52. The first kappa shape index (κ1) is 16.7. The zero-order valence-electron chi connectivity index (χ0n) is 12.9. The predicted molar refractivity (Wildman–Crippen MR) is 90.3 cm³/mol. The van der Waals surface area contributed by atoms with E-state index in [0.29, 0.717) is 5.13 Å². The van der Waals surface area contributed by atoms with Gasteiger partial charge in [-0.3, -0.25) is 14.9 Å². The van der Waals surface area contributed by atoms with Gasteiger partial charge in [-0.2, -0.15) is 0 Å². The van der Waals surface area contributed by atoms with Gasteiger partial charge in [0.05, 0.1) is 17.9 Å². The molecular weight excluding hydrogens is 336 g/mol. The third-order valence-corrected chi connectivity index (χ3v) is 5.85. The number of fused-ring (bicyclic) bond motifs is 1. The Hall–Kier alpha value is -1.16. The van der Waals surface area contributed by atoms with E-state index in [-0.39, 0.29) is 35.7 Å². The van der Waals surface area contributed by atoms with E-state index in [9.17, 15) is 9.59 Å². The molecule has 1 aromatic heterocycles. The van der Waals surface area contributed by atoms with Crippen LogP contribution in [-0.2, 0) is 27.2 Å². The molecule has 0 aromatic carbocycles. The summed E-state index contributed by atoms with van der Waals surface area (Å²) in [5.74, 6) is 0.0383. The topological polar surface area (TPSA) is 92.3 Å². The van der Waals surface area contributed by atoms with E-state index in [0.717, 1.165) is 18.5 Å². The van der Waals surface area contributed by atoms with Crippen molar-refractivity contribution in [2.75, 3.05) is 18.2 Å². The van der Waals surface area contributed by atoms with Gasteiger partial charge >= 0.3 is 0 Å². The van der Waals surface area contributed by atoms with E-state index in [1.165, 1.54) is 29.5 Å². The highest BCUT2D eigenvalue weighted by Gasteiger charge is 2.26. The van der Waals surface area contributed by atoms with Crippen LogP contribution in [0.3, 0.4) is 0 Å². The average Bonchev–Trinajstić information content (AvgIpc) is 2.94. The number of ether oxygens (including phenoxy) is 1. The number of aryl methyl sites for hydroxylation is 2. The number of nitrogens with zero attached hydrogens (tertiary/aromatic N) is 1. The van der Waals surface area contributed by atoms with Gasteiger partial charge in [0.25, 0.3) is 0 Å². The van der Waals surface area contributed by atoms with E-state index in [2.05, 4.69) is 20.9 Å². The normalized spacial score (nSPS) is 24.0. The van der Waals surface area contributed by atoms with Crippen molar-refractivity contribution in [3.8, 4) is 0 Å². The number of hydrogen-bond donors (Lipinski definition) is 3. The summed E-state index contributed by atoms with van der Waals surface area (Å²) in [5.41, 5.74) is 0.810. The third-order valence-electron chi connectivity index (χ3n) is 3.76. The van der Waals surface area contributed by atoms with E-state index >= 15 is 0 Å². The van der Waals surface area contributed by atoms with Gasteiger partial charge in [-0.05, 0) is 25.7 Å². The number of nitrogens with one attached hydrogen (secondary N) is 3. The predicted octanol–water partition coefficient (Wildman–Crippen LogP) is 1.06. The Kier molecular flexibility index (Phi) is 5.52. The van der Waals surface area contributed by atoms with Crippen LogP contribution in [-0.4, -0.2) is 41.4 Å². The van der Waals surface area contributed by atoms with Crippen molar-refractivity contribution in [2.45, 2.75) is 43.8 Å². The number of rotatable bonds is 5. The van der Waals surface area contributed by atoms with E-state index in [1.54, 1.807) is 18.4 Å². The third kappa shape index (κ3) is 4.43. The Balaban J connectivity index is 1.47. The van der Waals surface area contributed by atoms with Crippen LogP contribution in [0.15, 0.2) is 0 Å². The summed E-state index contributed by atoms with van der Waals surface area (Å²) in [6.07, 6.45) is 4.42. The van der Waals surface area contributed by atoms with Gasteiger partial charge in [0.15, 0.2) is 5.13 Å². The summed E-state index contributed by atoms with van der Waals surface area (Å²) in [6.45, 7) is 0. The molecule has 2 amide bonds. The first-order valence-electron chi connectivity index (χ1n) is 7.62. The summed E-state index contributed by atoms with van der Waals surface area (Å²) < 4.78 is 5.15. The van der Waals surface area contributed by atoms with E-state index in [1.807, 2.05) is 0 Å². The molecule has 0 radical (unpaired) electrons. The highest BCUT2D eigenvalue weighted by Crippen LogP contribution is 2.29. The molecule has 1 aromatic rings. The number of carbonyl (C=O) groups is 2. The number of amides is 2. The first-order valence-corrected chi connectivity index (χ1v) is 9.49. The molecule has 2 unspecified atom stereocenters. The molecule has 1 aliphatic carbocycles. The van der Waals surface area contributed by atoms with Crippen LogP contribution in [0.25, 0.3) is 0 Å². The lowest BCUT2D eigenvalue weighted by atomic mass is 10.0. The number of methoxy groups -OCH3 is 1. The largest absolute Gasteiger partial charge is 0.366 e. The smallest absolute Gasteiger partial charge is 0.236 e. The zero-order chi connectivity index (χ0) is 16.2. The standard InChI is InChI=1S/C14H20N4O3S2/c1-21-12-6-10(19)16-13(18-12)22-7-11(20)17-14-15-8-4-2-3-5-9(8)23-14/h12-13,18H,2-7H2,1H3,(H,16,19)(H,15,17,20). The highest BCUT2D eigenvalue weighted by molar-refractivity contribution is 8.00. The van der Waals surface area contributed by atoms with Gasteiger partial charge in [0.2, 0.25) is 11.8 Å². The number of anilines is 1. The Morgan fingerprint density at radius 1 is 1.48 bits per heavy atom. The Morgan fingerprint density at radius 2 is 2.30 bits per heavy atom. The van der Waals surface area contributed by atoms with Crippen molar-refractivity contribution in [2.24, 2.45) is 0 Å². The van der Waals surface area contributed by atoms with Crippen molar-refractivity contribution in [1.29, 1.82) is 0 Å². The molecule has 7 nitrogen and oxygen atoms in total. The van der Waals surface area contributed by atoms with Gasteiger partial charge in [-0.25, -0.2) is 4.98 Å². The lowest BCUT2D eigenvalue weighted by Crippen LogP contribution is -2.55. The molecule has 2 aliphatic rings. The maximum absolute atomic E-state index is 12.1. The maximum Gasteiger partial charge on any atom is 0.236 e. The number of aromatic nitrogens is 1. The molecule has 1 saturated heterocycles. The van der Waals surface area contributed by atoms with E-state index < -0.39 is 0 Å². The van der Waals surface area contributed by atoms with Crippen LogP contribution in [0, 0.1) is 0 Å². The molecule has 3 N–H and O–H groups in total. The molecule has 23 heavy (non-hydrogen) atoms. The zero-order valence-corrected chi connectivity index (χ0v) is 14.5. The van der Waals surface area contributed by atoms with Crippen LogP contribution in [0.1, 0.15) is 29.8 Å². The number of carbonyl (C=O) groups excluding carboxylic acids is 2. The SMILES string of the molecule is COC1CC(=O)NC(SCC(=O)Nc2nc3c(s2)CCCC3)N1. The molecular formula is C14H20N4O3S2. The van der Waals surface area contributed by atoms with Crippen LogP contribution < -0.4 is 16.0 Å². The van der Waals surface area contributed by atoms with Gasteiger partial charge in [0.1, 0.15) is 11.7 Å². The Labute approximate surface area is 143 Å². The number of thiazole rings is 1. The molecule has 0 spiro atoms. The van der Waals surface area contributed by atoms with Gasteiger partial charge in [-0.15, -0.1) is 23.1 Å². The van der Waals surface area contributed by atoms with Crippen LogP contribution in [0.2, 0.25) is 0 Å². The molecule has 3 rings (SSSR count). The second-order valence-corrected chi connectivity index (χ2v) is 7.67. The number of thioether (sulfide) groups is 1.